The summed E-state index contributed by atoms with van der Waals surface area (Å²) in [4.78, 5) is 14.1. The van der Waals surface area contributed by atoms with E-state index in [0.29, 0.717) is 23.8 Å². The Morgan fingerprint density at radius 3 is 2.75 bits per heavy atom. The molecule has 2 aromatic rings. The topological polar surface area (TPSA) is 38.8 Å². The third-order valence-electron chi connectivity index (χ3n) is 3.92. The SMILES string of the molecule is COc1ccc(C2SCC(=O)N2Cc2cccc(F)c2)c(OC)c1. The maximum Gasteiger partial charge on any atom is 0.234 e. The summed E-state index contributed by atoms with van der Waals surface area (Å²) in [7, 11) is 3.19. The molecule has 1 atom stereocenters. The molecule has 1 aliphatic rings. The summed E-state index contributed by atoms with van der Waals surface area (Å²) in [5.74, 6) is 1.50. The second kappa shape index (κ2) is 7.13. The van der Waals surface area contributed by atoms with Crippen LogP contribution in [0.4, 0.5) is 4.39 Å². The van der Waals surface area contributed by atoms with Crippen LogP contribution in [0.1, 0.15) is 16.5 Å². The number of ether oxygens (including phenoxy) is 2. The number of thioether (sulfide) groups is 1. The van der Waals surface area contributed by atoms with Gasteiger partial charge in [-0.25, -0.2) is 4.39 Å². The summed E-state index contributed by atoms with van der Waals surface area (Å²) in [6, 6.07) is 11.9. The van der Waals surface area contributed by atoms with Crippen LogP contribution in [0.2, 0.25) is 0 Å². The highest BCUT2D eigenvalue weighted by Gasteiger charge is 2.34. The van der Waals surface area contributed by atoms with E-state index >= 15 is 0 Å². The Kier molecular flexibility index (Phi) is 4.94. The number of carbonyl (C=O) groups excluding carboxylic acids is 1. The summed E-state index contributed by atoms with van der Waals surface area (Å²) in [5.41, 5.74) is 1.67. The first-order valence-corrected chi connectivity index (χ1v) is 8.54. The van der Waals surface area contributed by atoms with E-state index in [2.05, 4.69) is 0 Å². The van der Waals surface area contributed by atoms with Crippen LogP contribution >= 0.6 is 11.8 Å². The van der Waals surface area contributed by atoms with Crippen molar-refractivity contribution in [2.45, 2.75) is 11.9 Å². The molecule has 1 aliphatic heterocycles. The average molecular weight is 347 g/mol. The van der Waals surface area contributed by atoms with Crippen molar-refractivity contribution in [1.29, 1.82) is 0 Å². The van der Waals surface area contributed by atoms with Crippen LogP contribution in [0.5, 0.6) is 11.5 Å². The number of nitrogens with zero attached hydrogens (tertiary/aromatic N) is 1. The second-order valence-electron chi connectivity index (χ2n) is 5.42. The van der Waals surface area contributed by atoms with Crippen LogP contribution in [-0.4, -0.2) is 30.8 Å². The van der Waals surface area contributed by atoms with Crippen molar-refractivity contribution in [3.63, 3.8) is 0 Å². The summed E-state index contributed by atoms with van der Waals surface area (Å²) < 4.78 is 24.1. The Morgan fingerprint density at radius 2 is 2.04 bits per heavy atom. The molecular weight excluding hydrogens is 329 g/mol. The van der Waals surface area contributed by atoms with Crippen LogP contribution < -0.4 is 9.47 Å². The molecule has 3 rings (SSSR count). The Hall–Kier alpha value is -2.21. The summed E-state index contributed by atoms with van der Waals surface area (Å²) in [6.45, 7) is 0.365. The van der Waals surface area contributed by atoms with Crippen LogP contribution in [0.3, 0.4) is 0 Å². The third kappa shape index (κ3) is 3.33. The normalized spacial score (nSPS) is 17.2. The summed E-state index contributed by atoms with van der Waals surface area (Å²) >= 11 is 1.54. The van der Waals surface area contributed by atoms with Gasteiger partial charge in [0, 0.05) is 18.2 Å². The molecule has 0 radical (unpaired) electrons. The minimum Gasteiger partial charge on any atom is -0.497 e. The van der Waals surface area contributed by atoms with E-state index < -0.39 is 0 Å². The fourth-order valence-electron chi connectivity index (χ4n) is 2.74. The maximum atomic E-state index is 13.4. The van der Waals surface area contributed by atoms with E-state index in [9.17, 15) is 9.18 Å². The number of carbonyl (C=O) groups is 1. The van der Waals surface area contributed by atoms with Gasteiger partial charge in [0.15, 0.2) is 0 Å². The number of halogens is 1. The van der Waals surface area contributed by atoms with Gasteiger partial charge in [-0.15, -0.1) is 11.8 Å². The molecule has 4 nitrogen and oxygen atoms in total. The zero-order chi connectivity index (χ0) is 17.1. The maximum absolute atomic E-state index is 13.4. The highest BCUT2D eigenvalue weighted by molar-refractivity contribution is 8.00. The number of benzene rings is 2. The Labute approximate surface area is 144 Å². The van der Waals surface area contributed by atoms with E-state index in [1.807, 2.05) is 18.2 Å². The zero-order valence-electron chi connectivity index (χ0n) is 13.5. The monoisotopic (exact) mass is 347 g/mol. The number of hydrogen-bond acceptors (Lipinski definition) is 4. The van der Waals surface area contributed by atoms with Crippen molar-refractivity contribution in [1.82, 2.24) is 4.90 Å². The molecule has 1 saturated heterocycles. The zero-order valence-corrected chi connectivity index (χ0v) is 14.3. The first-order valence-electron chi connectivity index (χ1n) is 7.50. The largest absolute Gasteiger partial charge is 0.497 e. The molecule has 6 heteroatoms. The van der Waals surface area contributed by atoms with Crippen molar-refractivity contribution in [3.05, 3.63) is 59.4 Å². The molecule has 126 valence electrons. The molecule has 1 amide bonds. The molecule has 0 aliphatic carbocycles. The number of methoxy groups -OCH3 is 2. The van der Waals surface area contributed by atoms with Gasteiger partial charge in [-0.05, 0) is 29.8 Å². The smallest absolute Gasteiger partial charge is 0.234 e. The van der Waals surface area contributed by atoms with Gasteiger partial charge in [-0.1, -0.05) is 12.1 Å². The van der Waals surface area contributed by atoms with E-state index in [-0.39, 0.29) is 17.1 Å². The Morgan fingerprint density at radius 1 is 1.21 bits per heavy atom. The lowest BCUT2D eigenvalue weighted by molar-refractivity contribution is -0.128. The second-order valence-corrected chi connectivity index (χ2v) is 6.49. The molecule has 0 N–H and O–H groups in total. The van der Waals surface area contributed by atoms with Gasteiger partial charge < -0.3 is 14.4 Å². The Balaban J connectivity index is 1.90. The van der Waals surface area contributed by atoms with Crippen LogP contribution in [0, 0.1) is 5.82 Å². The number of rotatable bonds is 5. The molecule has 0 bridgehead atoms. The van der Waals surface area contributed by atoms with Crippen molar-refractivity contribution < 1.29 is 18.7 Å². The molecular formula is C18H18FNO3S. The lowest BCUT2D eigenvalue weighted by atomic mass is 10.1. The van der Waals surface area contributed by atoms with Crippen molar-refractivity contribution in [3.8, 4) is 11.5 Å². The molecule has 1 unspecified atom stereocenters. The lowest BCUT2D eigenvalue weighted by Crippen LogP contribution is -2.27. The van der Waals surface area contributed by atoms with Gasteiger partial charge in [-0.3, -0.25) is 4.79 Å². The van der Waals surface area contributed by atoms with Crippen LogP contribution in [0.15, 0.2) is 42.5 Å². The van der Waals surface area contributed by atoms with E-state index in [1.165, 1.54) is 23.9 Å². The quantitative estimate of drug-likeness (QED) is 0.828. The van der Waals surface area contributed by atoms with Crippen molar-refractivity contribution >= 4 is 17.7 Å². The molecule has 24 heavy (non-hydrogen) atoms. The van der Waals surface area contributed by atoms with Gasteiger partial charge in [0.05, 0.1) is 20.0 Å². The van der Waals surface area contributed by atoms with Gasteiger partial charge in [-0.2, -0.15) is 0 Å². The first-order chi connectivity index (χ1) is 11.6. The molecule has 0 saturated carbocycles. The molecule has 2 aromatic carbocycles. The van der Waals surface area contributed by atoms with E-state index in [1.54, 1.807) is 31.3 Å². The molecule has 0 aromatic heterocycles. The van der Waals surface area contributed by atoms with Crippen molar-refractivity contribution in [2.75, 3.05) is 20.0 Å². The predicted molar refractivity (Wildman–Crippen MR) is 91.7 cm³/mol. The van der Waals surface area contributed by atoms with Gasteiger partial charge in [0.1, 0.15) is 22.7 Å². The predicted octanol–water partition coefficient (Wildman–Crippen LogP) is 3.62. The van der Waals surface area contributed by atoms with Crippen LogP contribution in [-0.2, 0) is 11.3 Å². The van der Waals surface area contributed by atoms with Crippen LogP contribution in [0.25, 0.3) is 0 Å². The molecule has 1 fully saturated rings. The van der Waals surface area contributed by atoms with Gasteiger partial charge in [0.2, 0.25) is 5.91 Å². The minimum atomic E-state index is -0.301. The Bertz CT molecular complexity index is 753. The lowest BCUT2D eigenvalue weighted by Gasteiger charge is -2.26. The average Bonchev–Trinajstić information content (AvgIpc) is 2.95. The summed E-state index contributed by atoms with van der Waals surface area (Å²) in [6.07, 6.45) is 0. The highest BCUT2D eigenvalue weighted by Crippen LogP contribution is 2.44. The van der Waals surface area contributed by atoms with Gasteiger partial charge >= 0.3 is 0 Å². The summed E-state index contributed by atoms with van der Waals surface area (Å²) in [5, 5.41) is -0.165. The fourth-order valence-corrected chi connectivity index (χ4v) is 3.95. The third-order valence-corrected chi connectivity index (χ3v) is 5.15. The highest BCUT2D eigenvalue weighted by atomic mass is 32.2. The standard InChI is InChI=1S/C18H18FNO3S/c1-22-14-6-7-15(16(9-14)23-2)18-20(17(21)11-24-18)10-12-4-3-5-13(19)8-12/h3-9,18H,10-11H2,1-2H3. The number of hydrogen-bond donors (Lipinski definition) is 0. The molecule has 1 heterocycles. The van der Waals surface area contributed by atoms with E-state index in [4.69, 9.17) is 9.47 Å². The van der Waals surface area contributed by atoms with Crippen molar-refractivity contribution in [2.24, 2.45) is 0 Å². The minimum absolute atomic E-state index is 0.0344. The van der Waals surface area contributed by atoms with Gasteiger partial charge in [0.25, 0.3) is 0 Å². The molecule has 0 spiro atoms. The fraction of sp³-hybridized carbons (Fsp3) is 0.278. The number of amides is 1. The first kappa shape index (κ1) is 16.6. The van der Waals surface area contributed by atoms with E-state index in [0.717, 1.165) is 11.1 Å².